The van der Waals surface area contributed by atoms with E-state index < -0.39 is 0 Å². The van der Waals surface area contributed by atoms with Crippen molar-refractivity contribution in [2.75, 3.05) is 13.2 Å². The van der Waals surface area contributed by atoms with Gasteiger partial charge >= 0.3 is 5.97 Å². The second-order valence-corrected chi connectivity index (χ2v) is 7.34. The molecular formula is C24H44O3. The molecule has 27 heavy (non-hydrogen) atoms. The number of ether oxygens (including phenoxy) is 1. The third-order valence-corrected chi connectivity index (χ3v) is 4.65. The van der Waals surface area contributed by atoms with Gasteiger partial charge in [0.2, 0.25) is 0 Å². The van der Waals surface area contributed by atoms with Gasteiger partial charge in [0, 0.05) is 13.0 Å². The Hall–Kier alpha value is -1.09. The maximum atomic E-state index is 11.6. The highest BCUT2D eigenvalue weighted by molar-refractivity contribution is 5.69. The quantitative estimate of drug-likeness (QED) is 0.142. The minimum absolute atomic E-state index is 0.0529. The summed E-state index contributed by atoms with van der Waals surface area (Å²) in [5, 5.41) is 8.68. The molecule has 0 saturated carbocycles. The zero-order chi connectivity index (χ0) is 19.8. The third-order valence-electron chi connectivity index (χ3n) is 4.65. The first kappa shape index (κ1) is 25.9. The fourth-order valence-corrected chi connectivity index (χ4v) is 2.91. The Morgan fingerprint density at radius 2 is 1.33 bits per heavy atom. The Morgan fingerprint density at radius 3 is 2.04 bits per heavy atom. The molecule has 3 heteroatoms. The lowest BCUT2D eigenvalue weighted by Crippen LogP contribution is -2.05. The molecule has 0 aromatic rings. The van der Waals surface area contributed by atoms with Crippen molar-refractivity contribution in [1.29, 1.82) is 0 Å². The smallest absolute Gasteiger partial charge is 0.305 e. The van der Waals surface area contributed by atoms with Crippen molar-refractivity contribution in [1.82, 2.24) is 0 Å². The van der Waals surface area contributed by atoms with Crippen LogP contribution in [0.3, 0.4) is 0 Å². The van der Waals surface area contributed by atoms with E-state index in [2.05, 4.69) is 31.2 Å². The lowest BCUT2D eigenvalue weighted by Gasteiger charge is -2.04. The highest BCUT2D eigenvalue weighted by Gasteiger charge is 2.02. The number of carbonyl (C=O) groups excluding carboxylic acids is 1. The van der Waals surface area contributed by atoms with Crippen LogP contribution < -0.4 is 0 Å². The third kappa shape index (κ3) is 22.9. The average molecular weight is 381 g/mol. The van der Waals surface area contributed by atoms with E-state index in [0.717, 1.165) is 44.9 Å². The van der Waals surface area contributed by atoms with Gasteiger partial charge in [-0.2, -0.15) is 0 Å². The molecule has 0 atom stereocenters. The Balaban J connectivity index is 3.25. The van der Waals surface area contributed by atoms with Gasteiger partial charge in [0.25, 0.3) is 0 Å². The summed E-state index contributed by atoms with van der Waals surface area (Å²) in [4.78, 5) is 11.6. The standard InChI is InChI=1S/C24H44O3/c1-2-3-4-5-6-7-8-9-10-11-12-13-14-15-18-21-24(26)27-23-20-17-16-19-22-25/h6-7,9-10,25H,2-5,8,11-23H2,1H3. The molecular weight excluding hydrogens is 336 g/mol. The number of rotatable bonds is 20. The van der Waals surface area contributed by atoms with Gasteiger partial charge in [-0.15, -0.1) is 0 Å². The van der Waals surface area contributed by atoms with E-state index >= 15 is 0 Å². The zero-order valence-electron chi connectivity index (χ0n) is 17.8. The van der Waals surface area contributed by atoms with Gasteiger partial charge in [0.15, 0.2) is 0 Å². The van der Waals surface area contributed by atoms with E-state index in [0.29, 0.717) is 13.0 Å². The first-order valence-electron chi connectivity index (χ1n) is 11.4. The van der Waals surface area contributed by atoms with E-state index in [9.17, 15) is 4.79 Å². The molecule has 0 aromatic carbocycles. The number of unbranched alkanes of at least 4 members (excludes halogenated alkanes) is 11. The largest absolute Gasteiger partial charge is 0.466 e. The number of allylic oxidation sites excluding steroid dienone is 4. The number of aliphatic hydroxyl groups is 1. The van der Waals surface area contributed by atoms with Crippen LogP contribution in [0.25, 0.3) is 0 Å². The Morgan fingerprint density at radius 1 is 0.741 bits per heavy atom. The van der Waals surface area contributed by atoms with Crippen LogP contribution in [0.1, 0.15) is 110 Å². The molecule has 0 aliphatic heterocycles. The molecule has 0 spiro atoms. The van der Waals surface area contributed by atoms with E-state index in [-0.39, 0.29) is 12.6 Å². The van der Waals surface area contributed by atoms with Crippen molar-refractivity contribution in [3.8, 4) is 0 Å². The van der Waals surface area contributed by atoms with Gasteiger partial charge < -0.3 is 9.84 Å². The van der Waals surface area contributed by atoms with Crippen molar-refractivity contribution in [3.05, 3.63) is 24.3 Å². The second kappa shape index (κ2) is 23.0. The zero-order valence-corrected chi connectivity index (χ0v) is 17.8. The molecule has 0 aliphatic rings. The summed E-state index contributed by atoms with van der Waals surface area (Å²) < 4.78 is 5.23. The number of hydrogen-bond acceptors (Lipinski definition) is 3. The van der Waals surface area contributed by atoms with Crippen LogP contribution in [0.15, 0.2) is 24.3 Å². The molecule has 3 nitrogen and oxygen atoms in total. The summed E-state index contributed by atoms with van der Waals surface area (Å²) >= 11 is 0. The van der Waals surface area contributed by atoms with E-state index in [1.54, 1.807) is 0 Å². The number of hydrogen-bond donors (Lipinski definition) is 1. The SMILES string of the molecule is CCCCCC=CCC=CCCCCCCCC(=O)OCCCCCCO. The fraction of sp³-hybridized carbons (Fsp3) is 0.792. The van der Waals surface area contributed by atoms with Crippen molar-refractivity contribution >= 4 is 5.97 Å². The van der Waals surface area contributed by atoms with Gasteiger partial charge in [-0.05, 0) is 57.8 Å². The molecule has 158 valence electrons. The summed E-state index contributed by atoms with van der Waals surface area (Å²) in [5.41, 5.74) is 0. The highest BCUT2D eigenvalue weighted by Crippen LogP contribution is 2.09. The molecule has 0 unspecified atom stereocenters. The number of aliphatic hydroxyl groups excluding tert-OH is 1. The summed E-state index contributed by atoms with van der Waals surface area (Å²) in [6.45, 7) is 3.03. The second-order valence-electron chi connectivity index (χ2n) is 7.34. The molecule has 0 saturated heterocycles. The molecule has 0 radical (unpaired) electrons. The molecule has 0 amide bonds. The predicted molar refractivity (Wildman–Crippen MR) is 116 cm³/mol. The topological polar surface area (TPSA) is 46.5 Å². The first-order valence-corrected chi connectivity index (χ1v) is 11.4. The highest BCUT2D eigenvalue weighted by atomic mass is 16.5. The summed E-state index contributed by atoms with van der Waals surface area (Å²) in [7, 11) is 0. The first-order chi connectivity index (χ1) is 13.3. The summed E-state index contributed by atoms with van der Waals surface area (Å²) in [6.07, 6.45) is 26.7. The molecule has 1 N–H and O–H groups in total. The molecule has 0 rings (SSSR count). The maximum absolute atomic E-state index is 11.6. The van der Waals surface area contributed by atoms with Crippen LogP contribution in [0.5, 0.6) is 0 Å². The van der Waals surface area contributed by atoms with Crippen LogP contribution in [0, 0.1) is 0 Å². The minimum Gasteiger partial charge on any atom is -0.466 e. The van der Waals surface area contributed by atoms with E-state index in [1.807, 2.05) is 0 Å². The van der Waals surface area contributed by atoms with Gasteiger partial charge in [-0.1, -0.05) is 69.8 Å². The van der Waals surface area contributed by atoms with Gasteiger partial charge in [0.1, 0.15) is 0 Å². The van der Waals surface area contributed by atoms with Crippen molar-refractivity contribution in [2.45, 2.75) is 110 Å². The fourth-order valence-electron chi connectivity index (χ4n) is 2.91. The molecule has 0 aliphatic carbocycles. The molecule has 0 bridgehead atoms. The lowest BCUT2D eigenvalue weighted by atomic mass is 10.1. The average Bonchev–Trinajstić information content (AvgIpc) is 2.67. The Labute approximate surface area is 168 Å². The van der Waals surface area contributed by atoms with Gasteiger partial charge in [-0.25, -0.2) is 0 Å². The van der Waals surface area contributed by atoms with Crippen LogP contribution in [0.2, 0.25) is 0 Å². The monoisotopic (exact) mass is 380 g/mol. The normalized spacial score (nSPS) is 11.6. The lowest BCUT2D eigenvalue weighted by molar-refractivity contribution is -0.143. The minimum atomic E-state index is -0.0529. The number of carbonyl (C=O) groups is 1. The van der Waals surface area contributed by atoms with Crippen LogP contribution in [-0.2, 0) is 9.53 Å². The number of esters is 1. The Kier molecular flexibility index (Phi) is 22.0. The summed E-state index contributed by atoms with van der Waals surface area (Å²) in [6, 6.07) is 0. The van der Waals surface area contributed by atoms with E-state index in [4.69, 9.17) is 9.84 Å². The Bertz CT molecular complexity index is 361. The van der Waals surface area contributed by atoms with Crippen molar-refractivity contribution < 1.29 is 14.6 Å². The van der Waals surface area contributed by atoms with Crippen LogP contribution in [-0.4, -0.2) is 24.3 Å². The molecule has 0 aromatic heterocycles. The van der Waals surface area contributed by atoms with Gasteiger partial charge in [0.05, 0.1) is 6.61 Å². The van der Waals surface area contributed by atoms with Crippen molar-refractivity contribution in [3.63, 3.8) is 0 Å². The predicted octanol–water partition coefficient (Wildman–Crippen LogP) is 6.90. The van der Waals surface area contributed by atoms with Crippen LogP contribution >= 0.6 is 0 Å². The van der Waals surface area contributed by atoms with Gasteiger partial charge in [-0.3, -0.25) is 4.79 Å². The molecule has 0 fully saturated rings. The maximum Gasteiger partial charge on any atom is 0.305 e. The summed E-state index contributed by atoms with van der Waals surface area (Å²) in [5.74, 6) is -0.0529. The molecule has 0 heterocycles. The van der Waals surface area contributed by atoms with Crippen LogP contribution in [0.4, 0.5) is 0 Å². The van der Waals surface area contributed by atoms with Crippen molar-refractivity contribution in [2.24, 2.45) is 0 Å². The van der Waals surface area contributed by atoms with E-state index in [1.165, 1.54) is 51.4 Å².